The van der Waals surface area contributed by atoms with Gasteiger partial charge in [-0.05, 0) is 31.9 Å². The van der Waals surface area contributed by atoms with Crippen LogP contribution in [-0.4, -0.2) is 69.1 Å². The van der Waals surface area contributed by atoms with Crippen LogP contribution in [0.25, 0.3) is 0 Å². The van der Waals surface area contributed by atoms with Gasteiger partial charge in [0.05, 0.1) is 18.0 Å². The third-order valence-corrected chi connectivity index (χ3v) is 8.48. The van der Waals surface area contributed by atoms with Crippen LogP contribution >= 0.6 is 11.8 Å². The quantitative estimate of drug-likeness (QED) is 0.471. The second kappa shape index (κ2) is 12.0. The van der Waals surface area contributed by atoms with Crippen molar-refractivity contribution in [2.75, 3.05) is 14.1 Å². The lowest BCUT2D eigenvalue weighted by atomic mass is 9.98. The first-order valence-corrected chi connectivity index (χ1v) is 14.1. The number of ether oxygens (including phenoxy) is 3. The van der Waals surface area contributed by atoms with Crippen molar-refractivity contribution in [2.24, 2.45) is 9.39 Å². The Kier molecular flexibility index (Phi) is 9.00. The molecule has 2 aliphatic rings. The van der Waals surface area contributed by atoms with Gasteiger partial charge in [-0.1, -0.05) is 72.4 Å². The van der Waals surface area contributed by atoms with E-state index in [-0.39, 0.29) is 17.6 Å². The zero-order chi connectivity index (χ0) is 25.7. The SMILES string of the molecule is CN(C)C1=N[C@@H]2[C@@H](OCc3ccccc3)[C@H](OCc3ccccc3)[C@@H](/C=N/S(=O)C(C)(C)C)O[C@@H]2S1. The summed E-state index contributed by atoms with van der Waals surface area (Å²) in [4.78, 5) is 6.93. The van der Waals surface area contributed by atoms with Crippen LogP contribution in [0.2, 0.25) is 0 Å². The number of fused-ring (bicyclic) bond motifs is 1. The lowest BCUT2D eigenvalue weighted by Gasteiger charge is -2.41. The third kappa shape index (κ3) is 6.83. The first kappa shape index (κ1) is 27.0. The van der Waals surface area contributed by atoms with Crippen LogP contribution in [-0.2, 0) is 38.4 Å². The summed E-state index contributed by atoms with van der Waals surface area (Å²) in [5.41, 5.74) is 1.87. The highest BCUT2D eigenvalue weighted by molar-refractivity contribution is 8.14. The topological polar surface area (TPSA) is 72.7 Å². The van der Waals surface area contributed by atoms with E-state index in [9.17, 15) is 4.21 Å². The molecule has 2 aliphatic heterocycles. The molecule has 7 nitrogen and oxygen atoms in total. The van der Waals surface area contributed by atoms with E-state index in [2.05, 4.69) is 4.40 Å². The monoisotopic (exact) mass is 529 g/mol. The highest BCUT2D eigenvalue weighted by Crippen LogP contribution is 2.39. The van der Waals surface area contributed by atoms with E-state index < -0.39 is 27.9 Å². The van der Waals surface area contributed by atoms with Gasteiger partial charge in [-0.2, -0.15) is 4.40 Å². The first-order valence-electron chi connectivity index (χ1n) is 12.1. The second-order valence-electron chi connectivity index (χ2n) is 10.0. The summed E-state index contributed by atoms with van der Waals surface area (Å²) in [7, 11) is 2.53. The molecule has 1 unspecified atom stereocenters. The van der Waals surface area contributed by atoms with E-state index in [0.29, 0.717) is 13.2 Å². The summed E-state index contributed by atoms with van der Waals surface area (Å²) in [6, 6.07) is 19.8. The molecule has 0 spiro atoms. The fourth-order valence-corrected chi connectivity index (χ4v) is 5.56. The molecule has 0 aromatic heterocycles. The van der Waals surface area contributed by atoms with Crippen molar-refractivity contribution in [1.82, 2.24) is 4.90 Å². The van der Waals surface area contributed by atoms with Crippen LogP contribution in [0.15, 0.2) is 70.1 Å². The van der Waals surface area contributed by atoms with Crippen molar-refractivity contribution in [1.29, 1.82) is 0 Å². The average molecular weight is 530 g/mol. The van der Waals surface area contributed by atoms with Gasteiger partial charge in [-0.3, -0.25) is 4.99 Å². The fraction of sp³-hybridized carbons (Fsp3) is 0.481. The van der Waals surface area contributed by atoms with E-state index in [0.717, 1.165) is 16.3 Å². The zero-order valence-electron chi connectivity index (χ0n) is 21.4. The van der Waals surface area contributed by atoms with Crippen molar-refractivity contribution >= 4 is 34.1 Å². The third-order valence-electron chi connectivity index (χ3n) is 5.82. The van der Waals surface area contributed by atoms with E-state index in [1.807, 2.05) is 100 Å². The van der Waals surface area contributed by atoms with Crippen molar-refractivity contribution in [3.05, 3.63) is 71.8 Å². The number of hydrogen-bond donors (Lipinski definition) is 0. The predicted octanol–water partition coefficient (Wildman–Crippen LogP) is 4.45. The molecule has 0 aliphatic carbocycles. The van der Waals surface area contributed by atoms with Crippen LogP contribution in [0.5, 0.6) is 0 Å². The molecule has 0 amide bonds. The van der Waals surface area contributed by atoms with Gasteiger partial charge in [0.15, 0.2) is 5.17 Å². The molecule has 1 fully saturated rings. The highest BCUT2D eigenvalue weighted by Gasteiger charge is 2.50. The van der Waals surface area contributed by atoms with Crippen molar-refractivity contribution in [2.45, 2.75) is 68.5 Å². The summed E-state index contributed by atoms with van der Waals surface area (Å²) in [5.74, 6) is 0. The number of thioether (sulfide) groups is 1. The summed E-state index contributed by atoms with van der Waals surface area (Å²) in [5, 5.41) is 0.885. The minimum Gasteiger partial charge on any atom is -0.368 e. The minimum absolute atomic E-state index is 0.241. The number of aliphatic imine (C=N–C) groups is 1. The molecule has 2 aromatic rings. The van der Waals surface area contributed by atoms with Gasteiger partial charge in [0.2, 0.25) is 0 Å². The molecular formula is C27H35N3O4S2. The van der Waals surface area contributed by atoms with Gasteiger partial charge in [0, 0.05) is 20.3 Å². The van der Waals surface area contributed by atoms with Gasteiger partial charge in [0.25, 0.3) is 0 Å². The molecule has 6 atom stereocenters. The zero-order valence-corrected chi connectivity index (χ0v) is 23.1. The van der Waals surface area contributed by atoms with Crippen LogP contribution in [0, 0.1) is 0 Å². The van der Waals surface area contributed by atoms with E-state index >= 15 is 0 Å². The van der Waals surface area contributed by atoms with Gasteiger partial charge >= 0.3 is 0 Å². The Bertz CT molecular complexity index is 1070. The maximum absolute atomic E-state index is 12.7. The van der Waals surface area contributed by atoms with Gasteiger partial charge in [-0.25, -0.2) is 4.21 Å². The van der Waals surface area contributed by atoms with E-state index in [4.69, 9.17) is 19.2 Å². The smallest absolute Gasteiger partial charge is 0.161 e. The largest absolute Gasteiger partial charge is 0.368 e. The molecular weight excluding hydrogens is 494 g/mol. The molecule has 0 bridgehead atoms. The van der Waals surface area contributed by atoms with E-state index in [1.165, 1.54) is 0 Å². The Morgan fingerprint density at radius 2 is 1.56 bits per heavy atom. The van der Waals surface area contributed by atoms with Gasteiger partial charge in [0.1, 0.15) is 40.8 Å². The van der Waals surface area contributed by atoms with Gasteiger partial charge < -0.3 is 19.1 Å². The predicted molar refractivity (Wildman–Crippen MR) is 148 cm³/mol. The first-order chi connectivity index (χ1) is 17.2. The fourth-order valence-electron chi connectivity index (χ4n) is 3.87. The number of nitrogens with zero attached hydrogens (tertiary/aromatic N) is 3. The van der Waals surface area contributed by atoms with Gasteiger partial charge in [-0.15, -0.1) is 0 Å². The average Bonchev–Trinajstić information content (AvgIpc) is 3.29. The Labute approximate surface area is 220 Å². The van der Waals surface area contributed by atoms with Crippen molar-refractivity contribution in [3.8, 4) is 0 Å². The molecule has 0 N–H and O–H groups in total. The molecule has 1 saturated heterocycles. The number of benzene rings is 2. The molecule has 36 heavy (non-hydrogen) atoms. The summed E-state index contributed by atoms with van der Waals surface area (Å²) < 4.78 is 36.1. The molecule has 0 saturated carbocycles. The molecule has 0 radical (unpaired) electrons. The van der Waals surface area contributed by atoms with Crippen LogP contribution in [0.3, 0.4) is 0 Å². The lowest BCUT2D eigenvalue weighted by molar-refractivity contribution is -0.178. The maximum atomic E-state index is 12.7. The Morgan fingerprint density at radius 1 is 1.00 bits per heavy atom. The highest BCUT2D eigenvalue weighted by atomic mass is 32.2. The normalized spacial score (nSPS) is 27.0. The Morgan fingerprint density at radius 3 is 2.08 bits per heavy atom. The van der Waals surface area contributed by atoms with Crippen LogP contribution in [0.4, 0.5) is 0 Å². The van der Waals surface area contributed by atoms with Crippen molar-refractivity contribution < 1.29 is 18.4 Å². The lowest BCUT2D eigenvalue weighted by Crippen LogP contribution is -2.57. The molecule has 4 rings (SSSR count). The van der Waals surface area contributed by atoms with Crippen molar-refractivity contribution in [3.63, 3.8) is 0 Å². The Hall–Kier alpha value is -2.04. The maximum Gasteiger partial charge on any atom is 0.161 e. The molecule has 2 heterocycles. The van der Waals surface area contributed by atoms with Crippen LogP contribution < -0.4 is 0 Å². The summed E-state index contributed by atoms with van der Waals surface area (Å²) >= 11 is 1.57. The van der Waals surface area contributed by atoms with Crippen LogP contribution in [0.1, 0.15) is 31.9 Å². The summed E-state index contributed by atoms with van der Waals surface area (Å²) in [6.07, 6.45) is 0.241. The summed E-state index contributed by atoms with van der Waals surface area (Å²) in [6.45, 7) is 6.52. The minimum atomic E-state index is -1.41. The molecule has 194 valence electrons. The number of hydrogen-bond acceptors (Lipinski definition) is 7. The Balaban J connectivity index is 1.63. The number of amidine groups is 1. The number of rotatable bonds is 8. The molecule has 9 heteroatoms. The van der Waals surface area contributed by atoms with E-state index in [1.54, 1.807) is 18.0 Å². The second-order valence-corrected chi connectivity index (χ2v) is 13.0. The molecule has 2 aromatic carbocycles. The standard InChI is InChI=1S/C27H35N3O4S2/c1-27(2,3)36(31)28-16-21-23(32-17-19-12-8-6-9-13-19)24(33-18-20-14-10-7-11-15-20)22-25(34-21)35-26(29-22)30(4)5/h6-16,21-25H,17-18H2,1-5H3/b28-16+/t21-,22-,23-,24-,25-,36?/m1/s1.